The number of ether oxygens (including phenoxy) is 1. The molecular formula is C21H17NO3. The van der Waals surface area contributed by atoms with Crippen molar-refractivity contribution in [3.63, 3.8) is 0 Å². The summed E-state index contributed by atoms with van der Waals surface area (Å²) in [5.74, 6) is -0.626. The predicted molar refractivity (Wildman–Crippen MR) is 96.0 cm³/mol. The van der Waals surface area contributed by atoms with E-state index in [-0.39, 0.29) is 5.91 Å². The van der Waals surface area contributed by atoms with Crippen molar-refractivity contribution in [2.24, 2.45) is 0 Å². The van der Waals surface area contributed by atoms with Crippen LogP contribution in [0.3, 0.4) is 0 Å². The minimum absolute atomic E-state index is 0.141. The summed E-state index contributed by atoms with van der Waals surface area (Å²) in [7, 11) is 3.08. The molecule has 0 bridgehead atoms. The number of likely N-dealkylation sites (N-methyl/N-ethyl adjacent to an activating group) is 1. The molecule has 0 saturated heterocycles. The molecule has 1 heterocycles. The quantitative estimate of drug-likeness (QED) is 0.795. The third kappa shape index (κ3) is 1.88. The minimum atomic E-state index is -1.15. The number of fused-ring (bicyclic) bond motifs is 2. The molecule has 0 fully saturated rings. The first-order valence-corrected chi connectivity index (χ1v) is 8.06. The number of nitrogens with zero attached hydrogens (tertiary/aromatic N) is 1. The molecule has 1 amide bonds. The Morgan fingerprint density at radius 2 is 1.68 bits per heavy atom. The standard InChI is InChI=1S/C21H17NO3/c1-22-18-11-7-6-10-16(18)21(20(22)24)15(14-8-4-3-5-9-14)12-13-17(21)19(23)25-2/h3-13H,1-2H3. The van der Waals surface area contributed by atoms with Crippen molar-refractivity contribution >= 4 is 23.1 Å². The second-order valence-corrected chi connectivity index (χ2v) is 6.15. The normalized spacial score (nSPS) is 21.2. The third-order valence-corrected chi connectivity index (χ3v) is 5.01. The summed E-state index contributed by atoms with van der Waals surface area (Å²) in [6.45, 7) is 0. The largest absolute Gasteiger partial charge is 0.466 e. The Bertz CT molecular complexity index is 943. The molecule has 124 valence electrons. The van der Waals surface area contributed by atoms with E-state index in [0.29, 0.717) is 5.57 Å². The van der Waals surface area contributed by atoms with E-state index in [9.17, 15) is 9.59 Å². The Kier molecular flexibility index (Phi) is 3.35. The van der Waals surface area contributed by atoms with Gasteiger partial charge in [-0.05, 0) is 23.3 Å². The number of hydrogen-bond acceptors (Lipinski definition) is 3. The van der Waals surface area contributed by atoms with Crippen molar-refractivity contribution in [3.8, 4) is 0 Å². The van der Waals surface area contributed by atoms with Gasteiger partial charge in [-0.25, -0.2) is 4.79 Å². The first-order chi connectivity index (χ1) is 12.1. The van der Waals surface area contributed by atoms with Crippen LogP contribution in [0, 0.1) is 0 Å². The average Bonchev–Trinajstić information content (AvgIpc) is 3.16. The fraction of sp³-hybridized carbons (Fsp3) is 0.143. The van der Waals surface area contributed by atoms with Crippen LogP contribution in [-0.4, -0.2) is 26.0 Å². The number of carbonyl (C=O) groups excluding carboxylic acids is 2. The number of hydrogen-bond donors (Lipinski definition) is 0. The van der Waals surface area contributed by atoms with Gasteiger partial charge in [0.2, 0.25) is 5.91 Å². The molecule has 4 heteroatoms. The van der Waals surface area contributed by atoms with E-state index in [1.165, 1.54) is 7.11 Å². The summed E-state index contributed by atoms with van der Waals surface area (Å²) in [5, 5.41) is 0. The van der Waals surface area contributed by atoms with Gasteiger partial charge in [0.1, 0.15) is 5.41 Å². The van der Waals surface area contributed by atoms with Gasteiger partial charge in [-0.3, -0.25) is 4.79 Å². The van der Waals surface area contributed by atoms with Crippen LogP contribution in [-0.2, 0) is 19.7 Å². The van der Waals surface area contributed by atoms with Crippen molar-refractivity contribution in [1.29, 1.82) is 0 Å². The highest BCUT2D eigenvalue weighted by molar-refractivity contribution is 6.24. The SMILES string of the molecule is COC(=O)C1=CC=C(c2ccccc2)C12C(=O)N(C)c1ccccc12. The van der Waals surface area contributed by atoms with Gasteiger partial charge in [0.05, 0.1) is 12.7 Å². The monoisotopic (exact) mass is 331 g/mol. The molecule has 1 unspecified atom stereocenters. The van der Waals surface area contributed by atoms with E-state index in [2.05, 4.69) is 0 Å². The van der Waals surface area contributed by atoms with Gasteiger partial charge in [-0.2, -0.15) is 0 Å². The van der Waals surface area contributed by atoms with Crippen LogP contribution >= 0.6 is 0 Å². The van der Waals surface area contributed by atoms with Crippen LogP contribution < -0.4 is 4.90 Å². The highest BCUT2D eigenvalue weighted by Crippen LogP contribution is 2.55. The van der Waals surface area contributed by atoms with Crippen LogP contribution in [0.2, 0.25) is 0 Å². The molecule has 0 aromatic heterocycles. The van der Waals surface area contributed by atoms with Crippen molar-refractivity contribution in [2.45, 2.75) is 5.41 Å². The Hall–Kier alpha value is -3.14. The summed E-state index contributed by atoms with van der Waals surface area (Å²) < 4.78 is 4.99. The lowest BCUT2D eigenvalue weighted by Gasteiger charge is -2.29. The molecule has 1 spiro atoms. The van der Waals surface area contributed by atoms with Crippen LogP contribution in [0.5, 0.6) is 0 Å². The second-order valence-electron chi connectivity index (χ2n) is 6.15. The van der Waals surface area contributed by atoms with Gasteiger partial charge < -0.3 is 9.64 Å². The van der Waals surface area contributed by atoms with Gasteiger partial charge in [-0.15, -0.1) is 0 Å². The molecule has 1 aliphatic heterocycles. The van der Waals surface area contributed by atoms with Gasteiger partial charge >= 0.3 is 5.97 Å². The van der Waals surface area contributed by atoms with Gasteiger partial charge in [0.15, 0.2) is 0 Å². The predicted octanol–water partition coefficient (Wildman–Crippen LogP) is 3.10. The van der Waals surface area contributed by atoms with Crippen molar-refractivity contribution < 1.29 is 14.3 Å². The first kappa shape index (κ1) is 15.4. The summed E-state index contributed by atoms with van der Waals surface area (Å²) >= 11 is 0. The van der Waals surface area contributed by atoms with Crippen molar-refractivity contribution in [2.75, 3.05) is 19.1 Å². The van der Waals surface area contributed by atoms with E-state index in [1.807, 2.05) is 60.7 Å². The topological polar surface area (TPSA) is 46.6 Å². The van der Waals surface area contributed by atoms with Crippen molar-refractivity contribution in [1.82, 2.24) is 0 Å². The first-order valence-electron chi connectivity index (χ1n) is 8.06. The molecule has 4 rings (SSSR count). The van der Waals surface area contributed by atoms with E-state index in [4.69, 9.17) is 4.74 Å². The van der Waals surface area contributed by atoms with Crippen LogP contribution in [0.1, 0.15) is 11.1 Å². The molecule has 0 saturated carbocycles. The summed E-state index contributed by atoms with van der Waals surface area (Å²) in [6, 6.07) is 17.3. The highest BCUT2D eigenvalue weighted by atomic mass is 16.5. The zero-order valence-corrected chi connectivity index (χ0v) is 14.0. The maximum absolute atomic E-state index is 13.4. The van der Waals surface area contributed by atoms with E-state index in [0.717, 1.165) is 22.4 Å². The number of methoxy groups -OCH3 is 1. The molecule has 1 aliphatic carbocycles. The number of para-hydroxylation sites is 1. The van der Waals surface area contributed by atoms with Crippen LogP contribution in [0.4, 0.5) is 5.69 Å². The molecule has 0 radical (unpaired) electrons. The highest BCUT2D eigenvalue weighted by Gasteiger charge is 2.58. The molecule has 25 heavy (non-hydrogen) atoms. The summed E-state index contributed by atoms with van der Waals surface area (Å²) in [5.41, 5.74) is 2.54. The number of carbonyl (C=O) groups is 2. The Morgan fingerprint density at radius 3 is 2.40 bits per heavy atom. The Balaban J connectivity index is 2.03. The number of benzene rings is 2. The molecule has 2 aromatic rings. The molecule has 4 nitrogen and oxygen atoms in total. The molecule has 2 aromatic carbocycles. The van der Waals surface area contributed by atoms with Gasteiger partial charge in [0.25, 0.3) is 0 Å². The van der Waals surface area contributed by atoms with E-state index < -0.39 is 11.4 Å². The zero-order chi connectivity index (χ0) is 17.6. The summed E-state index contributed by atoms with van der Waals surface area (Å²) in [6.07, 6.45) is 3.57. The van der Waals surface area contributed by atoms with Gasteiger partial charge in [-0.1, -0.05) is 54.6 Å². The van der Waals surface area contributed by atoms with E-state index in [1.54, 1.807) is 18.0 Å². The minimum Gasteiger partial charge on any atom is -0.466 e. The Morgan fingerprint density at radius 1 is 1.00 bits per heavy atom. The lowest BCUT2D eigenvalue weighted by molar-refractivity contribution is -0.137. The lowest BCUT2D eigenvalue weighted by Crippen LogP contribution is -2.42. The Labute approximate surface area is 146 Å². The van der Waals surface area contributed by atoms with Crippen LogP contribution in [0.25, 0.3) is 5.57 Å². The maximum Gasteiger partial charge on any atom is 0.335 e. The number of esters is 1. The van der Waals surface area contributed by atoms with Crippen LogP contribution in [0.15, 0.2) is 72.3 Å². The molecular weight excluding hydrogens is 314 g/mol. The summed E-state index contributed by atoms with van der Waals surface area (Å²) in [4.78, 5) is 27.6. The fourth-order valence-corrected chi connectivity index (χ4v) is 3.90. The molecule has 0 N–H and O–H groups in total. The molecule has 1 atom stereocenters. The number of rotatable bonds is 2. The zero-order valence-electron chi connectivity index (χ0n) is 14.0. The lowest BCUT2D eigenvalue weighted by atomic mass is 9.70. The van der Waals surface area contributed by atoms with Gasteiger partial charge in [0, 0.05) is 18.3 Å². The number of amides is 1. The van der Waals surface area contributed by atoms with E-state index >= 15 is 0 Å². The third-order valence-electron chi connectivity index (χ3n) is 5.01. The average molecular weight is 331 g/mol. The maximum atomic E-state index is 13.4. The molecule has 2 aliphatic rings. The second kappa shape index (κ2) is 5.45. The van der Waals surface area contributed by atoms with Crippen molar-refractivity contribution in [3.05, 3.63) is 83.4 Å². The smallest absolute Gasteiger partial charge is 0.335 e. The number of allylic oxidation sites excluding steroid dienone is 2. The number of anilines is 1. The fourth-order valence-electron chi connectivity index (χ4n) is 3.90.